The molecule has 0 aliphatic heterocycles. The number of hydrogen-bond donors (Lipinski definition) is 2. The van der Waals surface area contributed by atoms with Crippen LogP contribution in [0.2, 0.25) is 0 Å². The lowest BCUT2D eigenvalue weighted by molar-refractivity contribution is -0.384. The zero-order valence-electron chi connectivity index (χ0n) is 11.5. The molecule has 1 heterocycles. The van der Waals surface area contributed by atoms with Crippen molar-refractivity contribution in [1.82, 2.24) is 9.78 Å². The van der Waals surface area contributed by atoms with Crippen molar-refractivity contribution in [1.29, 1.82) is 0 Å². The van der Waals surface area contributed by atoms with Crippen LogP contribution in [0.4, 0.5) is 11.5 Å². The number of nitrogens with two attached hydrogens (primary N) is 1. The van der Waals surface area contributed by atoms with E-state index in [4.69, 9.17) is 5.73 Å². The largest absolute Gasteiger partial charge is 0.368 e. The number of carbonyl (C=O) groups is 1. The van der Waals surface area contributed by atoms with Crippen LogP contribution in [-0.2, 0) is 11.3 Å². The average molecular weight is 269 g/mol. The van der Waals surface area contributed by atoms with Gasteiger partial charge in [0.2, 0.25) is 11.7 Å². The smallest absolute Gasteiger partial charge is 0.333 e. The molecular weight excluding hydrogens is 250 g/mol. The maximum absolute atomic E-state index is 11.4. The first-order valence-corrected chi connectivity index (χ1v) is 6.07. The van der Waals surface area contributed by atoms with Gasteiger partial charge in [-0.15, -0.1) is 0 Å². The molecule has 0 aliphatic rings. The Hall–Kier alpha value is -2.12. The molecule has 106 valence electrons. The normalized spacial score (nSPS) is 12.5. The Kier molecular flexibility index (Phi) is 4.47. The van der Waals surface area contributed by atoms with E-state index in [0.717, 1.165) is 0 Å². The molecule has 0 radical (unpaired) electrons. The van der Waals surface area contributed by atoms with Gasteiger partial charge >= 0.3 is 5.69 Å². The van der Waals surface area contributed by atoms with E-state index in [1.54, 1.807) is 6.92 Å². The Balaban J connectivity index is 3.24. The van der Waals surface area contributed by atoms with Gasteiger partial charge in [-0.25, -0.2) is 4.68 Å². The molecule has 1 rings (SSSR count). The number of nitrogens with zero attached hydrogens (tertiary/aromatic N) is 3. The minimum atomic E-state index is -0.680. The molecule has 19 heavy (non-hydrogen) atoms. The van der Waals surface area contributed by atoms with Crippen molar-refractivity contribution in [2.45, 2.75) is 40.3 Å². The summed E-state index contributed by atoms with van der Waals surface area (Å²) in [6.45, 7) is 7.46. The third-order valence-corrected chi connectivity index (χ3v) is 2.84. The second-order valence-electron chi connectivity index (χ2n) is 4.62. The molecule has 0 aliphatic carbocycles. The molecule has 3 N–H and O–H groups in total. The Bertz CT molecular complexity index is 495. The van der Waals surface area contributed by atoms with Crippen molar-refractivity contribution >= 4 is 17.4 Å². The van der Waals surface area contributed by atoms with Crippen molar-refractivity contribution in [3.8, 4) is 0 Å². The number of carbonyl (C=O) groups excluding carboxylic acids is 1. The number of aromatic nitrogens is 2. The number of rotatable bonds is 6. The van der Waals surface area contributed by atoms with E-state index in [2.05, 4.69) is 10.4 Å². The molecule has 8 heteroatoms. The predicted molar refractivity (Wildman–Crippen MR) is 70.7 cm³/mol. The highest BCUT2D eigenvalue weighted by Crippen LogP contribution is 2.29. The van der Waals surface area contributed by atoms with Crippen molar-refractivity contribution in [3.63, 3.8) is 0 Å². The van der Waals surface area contributed by atoms with Crippen LogP contribution in [0.25, 0.3) is 0 Å². The summed E-state index contributed by atoms with van der Waals surface area (Å²) in [6, 6.07) is -0.680. The van der Waals surface area contributed by atoms with Crippen LogP contribution in [0.15, 0.2) is 0 Å². The number of primary amides is 1. The molecule has 1 amide bonds. The van der Waals surface area contributed by atoms with Crippen LogP contribution in [0, 0.1) is 23.0 Å². The van der Waals surface area contributed by atoms with Crippen LogP contribution < -0.4 is 11.1 Å². The lowest BCUT2D eigenvalue weighted by Crippen LogP contribution is -2.40. The quantitative estimate of drug-likeness (QED) is 0.591. The van der Waals surface area contributed by atoms with Gasteiger partial charge in [-0.2, -0.15) is 5.10 Å². The van der Waals surface area contributed by atoms with E-state index in [-0.39, 0.29) is 17.4 Å². The van der Waals surface area contributed by atoms with Crippen molar-refractivity contribution in [2.24, 2.45) is 11.7 Å². The maximum Gasteiger partial charge on any atom is 0.333 e. The zero-order valence-corrected chi connectivity index (χ0v) is 11.5. The highest BCUT2D eigenvalue weighted by Gasteiger charge is 2.29. The van der Waals surface area contributed by atoms with Crippen LogP contribution in [0.5, 0.6) is 0 Å². The predicted octanol–water partition coefficient (Wildman–Crippen LogP) is 1.04. The fraction of sp³-hybridized carbons (Fsp3) is 0.636. The number of hydrogen-bond acceptors (Lipinski definition) is 5. The summed E-state index contributed by atoms with van der Waals surface area (Å²) in [5.74, 6) is -0.411. The SMILES string of the molecule is CCn1nc(C)c([N+](=O)[O-])c1NC(C(N)=O)C(C)C. The van der Waals surface area contributed by atoms with Gasteiger partial charge < -0.3 is 11.1 Å². The lowest BCUT2D eigenvalue weighted by atomic mass is 10.0. The fourth-order valence-corrected chi connectivity index (χ4v) is 1.88. The summed E-state index contributed by atoms with van der Waals surface area (Å²) in [5, 5.41) is 18.0. The Morgan fingerprint density at radius 2 is 2.16 bits per heavy atom. The van der Waals surface area contributed by atoms with Gasteiger partial charge in [0.05, 0.1) is 4.92 Å². The van der Waals surface area contributed by atoms with Gasteiger partial charge in [0.1, 0.15) is 11.7 Å². The first-order valence-electron chi connectivity index (χ1n) is 6.07. The molecule has 1 atom stereocenters. The molecular formula is C11H19N5O3. The van der Waals surface area contributed by atoms with E-state index in [1.807, 2.05) is 20.8 Å². The summed E-state index contributed by atoms with van der Waals surface area (Å²) in [7, 11) is 0. The minimum absolute atomic E-state index is 0.0855. The van der Waals surface area contributed by atoms with E-state index < -0.39 is 16.9 Å². The molecule has 1 aromatic rings. The molecule has 0 saturated heterocycles. The lowest BCUT2D eigenvalue weighted by Gasteiger charge is -2.19. The molecule has 1 unspecified atom stereocenters. The molecule has 8 nitrogen and oxygen atoms in total. The Morgan fingerprint density at radius 3 is 2.53 bits per heavy atom. The molecule has 0 aromatic carbocycles. The van der Waals surface area contributed by atoms with Crippen molar-refractivity contribution in [3.05, 3.63) is 15.8 Å². The monoisotopic (exact) mass is 269 g/mol. The van der Waals surface area contributed by atoms with Gasteiger partial charge in [-0.05, 0) is 19.8 Å². The summed E-state index contributed by atoms with van der Waals surface area (Å²) >= 11 is 0. The Labute approximate surface area is 111 Å². The van der Waals surface area contributed by atoms with Crippen molar-refractivity contribution < 1.29 is 9.72 Å². The highest BCUT2D eigenvalue weighted by molar-refractivity contribution is 5.83. The fourth-order valence-electron chi connectivity index (χ4n) is 1.88. The minimum Gasteiger partial charge on any atom is -0.368 e. The summed E-state index contributed by atoms with van der Waals surface area (Å²) < 4.78 is 1.46. The van der Waals surface area contributed by atoms with Gasteiger partial charge in [0.15, 0.2) is 0 Å². The average Bonchev–Trinajstić information content (AvgIpc) is 2.61. The highest BCUT2D eigenvalue weighted by atomic mass is 16.6. The van der Waals surface area contributed by atoms with Crippen LogP contribution in [0.1, 0.15) is 26.5 Å². The van der Waals surface area contributed by atoms with Crippen LogP contribution >= 0.6 is 0 Å². The molecule has 0 spiro atoms. The van der Waals surface area contributed by atoms with Gasteiger partial charge in [-0.1, -0.05) is 13.8 Å². The van der Waals surface area contributed by atoms with E-state index in [1.165, 1.54) is 4.68 Å². The molecule has 0 saturated carbocycles. The zero-order chi connectivity index (χ0) is 14.7. The van der Waals surface area contributed by atoms with E-state index in [0.29, 0.717) is 12.2 Å². The first kappa shape index (κ1) is 14.9. The summed E-state index contributed by atoms with van der Waals surface area (Å²) in [6.07, 6.45) is 0. The molecule has 0 bridgehead atoms. The molecule has 0 fully saturated rings. The van der Waals surface area contributed by atoms with E-state index in [9.17, 15) is 14.9 Å². The Morgan fingerprint density at radius 1 is 1.58 bits per heavy atom. The number of nitro groups is 1. The number of anilines is 1. The standard InChI is InChI=1S/C11H19N5O3/c1-5-15-11(9(16(18)19)7(4)14-15)13-8(6(2)3)10(12)17/h6,8,13H,5H2,1-4H3,(H2,12,17). The number of amides is 1. The number of aryl methyl sites for hydroxylation is 2. The van der Waals surface area contributed by atoms with Gasteiger partial charge in [0, 0.05) is 6.54 Å². The second-order valence-corrected chi connectivity index (χ2v) is 4.62. The summed E-state index contributed by atoms with van der Waals surface area (Å²) in [5.41, 5.74) is 5.50. The third-order valence-electron chi connectivity index (χ3n) is 2.84. The van der Waals surface area contributed by atoms with Crippen molar-refractivity contribution in [2.75, 3.05) is 5.32 Å². The molecule has 1 aromatic heterocycles. The second kappa shape index (κ2) is 5.68. The third kappa shape index (κ3) is 3.01. The van der Waals surface area contributed by atoms with Gasteiger partial charge in [-0.3, -0.25) is 14.9 Å². The number of nitrogens with one attached hydrogen (secondary N) is 1. The topological polar surface area (TPSA) is 116 Å². The first-order chi connectivity index (χ1) is 8.79. The van der Waals surface area contributed by atoms with Gasteiger partial charge in [0.25, 0.3) is 0 Å². The van der Waals surface area contributed by atoms with E-state index >= 15 is 0 Å². The maximum atomic E-state index is 11.4. The van der Waals surface area contributed by atoms with Crippen LogP contribution in [0.3, 0.4) is 0 Å². The van der Waals surface area contributed by atoms with Crippen LogP contribution in [-0.4, -0.2) is 26.7 Å². The summed E-state index contributed by atoms with van der Waals surface area (Å²) in [4.78, 5) is 22.0.